The Balaban J connectivity index is 1.47. The Morgan fingerprint density at radius 1 is 1.10 bits per heavy atom. The molecule has 1 aliphatic heterocycles. The van der Waals surface area contributed by atoms with Crippen LogP contribution >= 0.6 is 0 Å². The monoisotopic (exact) mass is 572 g/mol. The van der Waals surface area contributed by atoms with E-state index in [4.69, 9.17) is 0 Å². The minimum atomic E-state index is -4.70. The number of hydrogen-bond donors (Lipinski definition) is 1. The highest BCUT2D eigenvalue weighted by molar-refractivity contribution is 7.89. The van der Waals surface area contributed by atoms with E-state index in [9.17, 15) is 30.8 Å². The number of nitrogens with zero attached hydrogens (tertiary/aromatic N) is 5. The number of pyridine rings is 1. The van der Waals surface area contributed by atoms with Crippen LogP contribution in [0, 0.1) is 11.2 Å². The van der Waals surface area contributed by atoms with Crippen molar-refractivity contribution >= 4 is 21.9 Å². The topological polar surface area (TPSA) is 114 Å². The number of halogens is 4. The molecule has 0 amide bonds. The van der Waals surface area contributed by atoms with Crippen molar-refractivity contribution in [3.8, 4) is 5.69 Å². The highest BCUT2D eigenvalue weighted by Gasteiger charge is 2.51. The molecule has 1 aliphatic carbocycles. The van der Waals surface area contributed by atoms with Crippen molar-refractivity contribution in [2.75, 3.05) is 13.1 Å². The van der Waals surface area contributed by atoms with Crippen molar-refractivity contribution in [3.63, 3.8) is 0 Å². The Kier molecular flexibility index (Phi) is 6.00. The lowest BCUT2D eigenvalue weighted by Gasteiger charge is -2.44. The second-order valence-corrected chi connectivity index (χ2v) is 11.6. The van der Waals surface area contributed by atoms with Gasteiger partial charge in [-0.1, -0.05) is 5.57 Å². The third kappa shape index (κ3) is 4.23. The molecule has 1 N–H and O–H groups in total. The number of alkyl halides is 3. The predicted molar refractivity (Wildman–Crippen MR) is 133 cm³/mol. The van der Waals surface area contributed by atoms with Gasteiger partial charge in [0.15, 0.2) is 5.78 Å². The molecule has 0 unspecified atom stereocenters. The second kappa shape index (κ2) is 9.20. The van der Waals surface area contributed by atoms with Crippen molar-refractivity contribution in [1.29, 1.82) is 0 Å². The Hall–Kier alpha value is -4.17. The Labute approximate surface area is 225 Å². The SMILES string of the molecule is O=C(c1cc(C(F)(F)F)ccn1)[C@]12Cc3cnn(-c4ccc(F)cc4)c3C=C1CCN(S(=O)(=O)c1cn[nH]c1)C2. The van der Waals surface area contributed by atoms with Crippen molar-refractivity contribution in [1.82, 2.24) is 29.3 Å². The van der Waals surface area contributed by atoms with Gasteiger partial charge < -0.3 is 0 Å². The average molecular weight is 573 g/mol. The van der Waals surface area contributed by atoms with Crippen LogP contribution in [0.1, 0.15) is 33.7 Å². The Morgan fingerprint density at radius 3 is 2.58 bits per heavy atom. The zero-order valence-electron chi connectivity index (χ0n) is 20.6. The lowest BCUT2D eigenvalue weighted by molar-refractivity contribution is -0.137. The number of ketones is 1. The first-order valence-corrected chi connectivity index (χ1v) is 13.5. The number of carbonyl (C=O) groups is 1. The molecule has 4 heterocycles. The molecule has 0 radical (unpaired) electrons. The number of benzene rings is 1. The largest absolute Gasteiger partial charge is 0.416 e. The molecule has 1 atom stereocenters. The summed E-state index contributed by atoms with van der Waals surface area (Å²) in [7, 11) is -4.07. The van der Waals surface area contributed by atoms with Gasteiger partial charge in [-0.25, -0.2) is 17.5 Å². The summed E-state index contributed by atoms with van der Waals surface area (Å²) in [5, 5.41) is 10.6. The predicted octanol–water partition coefficient (Wildman–Crippen LogP) is 4.05. The lowest BCUT2D eigenvalue weighted by Crippen LogP contribution is -2.53. The molecular weight excluding hydrogens is 552 g/mol. The molecule has 9 nitrogen and oxygen atoms in total. The van der Waals surface area contributed by atoms with Crippen LogP contribution in [0.5, 0.6) is 0 Å². The van der Waals surface area contributed by atoms with Crippen LogP contribution in [0.2, 0.25) is 0 Å². The first-order valence-electron chi connectivity index (χ1n) is 12.1. The molecule has 1 saturated heterocycles. The number of carbonyl (C=O) groups excluding carboxylic acids is 1. The van der Waals surface area contributed by atoms with Crippen LogP contribution in [0.4, 0.5) is 17.6 Å². The number of fused-ring (bicyclic) bond motifs is 2. The number of aromatic nitrogens is 5. The fourth-order valence-electron chi connectivity index (χ4n) is 5.31. The molecule has 2 aliphatic rings. The summed E-state index contributed by atoms with van der Waals surface area (Å²) in [4.78, 5) is 18.0. The van der Waals surface area contributed by atoms with Crippen LogP contribution < -0.4 is 0 Å². The van der Waals surface area contributed by atoms with Gasteiger partial charge in [-0.05, 0) is 60.9 Å². The van der Waals surface area contributed by atoms with Gasteiger partial charge in [0.2, 0.25) is 10.0 Å². The van der Waals surface area contributed by atoms with Gasteiger partial charge in [0.05, 0.1) is 34.8 Å². The molecule has 0 bridgehead atoms. The van der Waals surface area contributed by atoms with Gasteiger partial charge in [-0.3, -0.25) is 14.9 Å². The van der Waals surface area contributed by atoms with E-state index in [-0.39, 0.29) is 30.8 Å². The van der Waals surface area contributed by atoms with Crippen LogP contribution in [-0.2, 0) is 22.6 Å². The molecule has 0 spiro atoms. The zero-order chi connectivity index (χ0) is 28.3. The maximum absolute atomic E-state index is 14.1. The van der Waals surface area contributed by atoms with Crippen LogP contribution in [0.15, 0.2) is 71.7 Å². The van der Waals surface area contributed by atoms with E-state index >= 15 is 0 Å². The number of piperidine rings is 1. The van der Waals surface area contributed by atoms with E-state index in [1.165, 1.54) is 24.5 Å². The molecule has 206 valence electrons. The summed E-state index contributed by atoms with van der Waals surface area (Å²) in [6, 6.07) is 7.11. The lowest BCUT2D eigenvalue weighted by atomic mass is 9.65. The number of aromatic amines is 1. The summed E-state index contributed by atoms with van der Waals surface area (Å²) >= 11 is 0. The van der Waals surface area contributed by atoms with Gasteiger partial charge in [-0.2, -0.15) is 27.7 Å². The first kappa shape index (κ1) is 26.1. The fourth-order valence-corrected chi connectivity index (χ4v) is 6.72. The van der Waals surface area contributed by atoms with E-state index < -0.39 is 44.5 Å². The Morgan fingerprint density at radius 2 is 1.88 bits per heavy atom. The van der Waals surface area contributed by atoms with Crippen molar-refractivity contribution < 1.29 is 30.8 Å². The molecule has 3 aromatic heterocycles. The average Bonchev–Trinajstić information content (AvgIpc) is 3.62. The van der Waals surface area contributed by atoms with E-state index in [0.717, 1.165) is 22.8 Å². The number of H-pyrrole nitrogens is 1. The molecule has 14 heteroatoms. The normalized spacial score (nSPS) is 19.6. The summed E-state index contributed by atoms with van der Waals surface area (Å²) < 4.78 is 83.5. The van der Waals surface area contributed by atoms with Gasteiger partial charge in [-0.15, -0.1) is 0 Å². The molecule has 40 heavy (non-hydrogen) atoms. The van der Waals surface area contributed by atoms with Gasteiger partial charge in [0.25, 0.3) is 0 Å². The molecule has 1 fully saturated rings. The van der Waals surface area contributed by atoms with Gasteiger partial charge in [0, 0.05) is 25.5 Å². The highest BCUT2D eigenvalue weighted by atomic mass is 32.2. The van der Waals surface area contributed by atoms with Crippen LogP contribution in [0.3, 0.4) is 0 Å². The second-order valence-electron chi connectivity index (χ2n) is 9.65. The summed E-state index contributed by atoms with van der Waals surface area (Å²) in [6.07, 6.45) is 1.93. The van der Waals surface area contributed by atoms with E-state index in [1.54, 1.807) is 22.9 Å². The van der Waals surface area contributed by atoms with Crippen molar-refractivity contribution in [2.24, 2.45) is 5.41 Å². The molecule has 0 saturated carbocycles. The van der Waals surface area contributed by atoms with Gasteiger partial charge >= 0.3 is 6.18 Å². The number of rotatable bonds is 5. The third-order valence-corrected chi connectivity index (χ3v) is 9.13. The van der Waals surface area contributed by atoms with E-state index in [0.29, 0.717) is 28.6 Å². The maximum Gasteiger partial charge on any atom is 0.416 e. The number of sulfonamides is 1. The fraction of sp³-hybridized carbons (Fsp3) is 0.231. The molecular formula is C26H20F4N6O3S. The summed E-state index contributed by atoms with van der Waals surface area (Å²) in [5.41, 5.74) is -0.672. The molecule has 6 rings (SSSR count). The highest BCUT2D eigenvalue weighted by Crippen LogP contribution is 2.47. The molecule has 1 aromatic carbocycles. The summed E-state index contributed by atoms with van der Waals surface area (Å²) in [6.45, 7) is -0.283. The van der Waals surface area contributed by atoms with E-state index in [1.807, 2.05) is 0 Å². The number of hydrogen-bond acceptors (Lipinski definition) is 6. The van der Waals surface area contributed by atoms with Gasteiger partial charge in [0.1, 0.15) is 16.4 Å². The smallest absolute Gasteiger partial charge is 0.291 e. The maximum atomic E-state index is 14.1. The standard InChI is InChI=1S/C26H20F4N6O3S/c27-19-1-3-20(4-2-19)36-23-10-17-6-8-35(40(38,39)21-13-32-33-14-21)15-25(17,11-16(23)12-34-36)24(37)22-9-18(5-7-31-22)26(28,29)30/h1-5,7,9-10,12-14H,6,8,11,15H2,(H,32,33)/t25-/m0/s1. The number of Topliss-reactive ketones (excluding diaryl/α,β-unsaturated/α-hetero) is 1. The molecule has 4 aromatic rings. The first-order chi connectivity index (χ1) is 19.0. The Bertz CT molecular complexity index is 1750. The minimum absolute atomic E-state index is 0.0243. The minimum Gasteiger partial charge on any atom is -0.291 e. The zero-order valence-corrected chi connectivity index (χ0v) is 21.4. The van der Waals surface area contributed by atoms with Crippen molar-refractivity contribution in [2.45, 2.75) is 23.9 Å². The van der Waals surface area contributed by atoms with E-state index in [2.05, 4.69) is 20.3 Å². The quantitative estimate of drug-likeness (QED) is 0.285. The third-order valence-electron chi connectivity index (χ3n) is 7.32. The summed E-state index contributed by atoms with van der Waals surface area (Å²) in [5.74, 6) is -1.15. The van der Waals surface area contributed by atoms with Crippen molar-refractivity contribution in [3.05, 3.63) is 95.1 Å². The van der Waals surface area contributed by atoms with Crippen LogP contribution in [-0.4, -0.2) is 56.6 Å². The number of nitrogens with one attached hydrogen (secondary N) is 1. The van der Waals surface area contributed by atoms with Crippen LogP contribution in [0.25, 0.3) is 11.8 Å².